The number of nitrogens with zero attached hydrogens (tertiary/aromatic N) is 1. The molecule has 0 saturated carbocycles. The fraction of sp³-hybridized carbons (Fsp3) is 0.440. The van der Waals surface area contributed by atoms with Crippen LogP contribution in [0.4, 0.5) is 0 Å². The van der Waals surface area contributed by atoms with Crippen LogP contribution in [-0.4, -0.2) is 56.7 Å². The minimum absolute atomic E-state index is 0.0331. The van der Waals surface area contributed by atoms with Crippen LogP contribution in [-0.2, 0) is 16.0 Å². The third-order valence-corrected chi connectivity index (χ3v) is 6.84. The standard InChI is InChI=1S/C25H28N2O5/c1-30-20-12-15-9-10-27-23(19(15)13-21(20)31-2)22(17-7-3-4-8-18(17)25(27)29)24(28)26-14-16-6-5-11-32-16/h3-4,7-8,12-13,16,22-23H,5-6,9-11,14H2,1-2H3,(H,26,28). The Hall–Kier alpha value is -3.06. The van der Waals surface area contributed by atoms with Gasteiger partial charge in [-0.2, -0.15) is 0 Å². The number of amides is 2. The van der Waals surface area contributed by atoms with Crippen molar-refractivity contribution in [1.82, 2.24) is 10.2 Å². The van der Waals surface area contributed by atoms with Gasteiger partial charge in [-0.05, 0) is 54.2 Å². The fourth-order valence-corrected chi connectivity index (χ4v) is 5.27. The predicted octanol–water partition coefficient (Wildman–Crippen LogP) is 2.84. The number of benzene rings is 2. The molecule has 2 amide bonds. The maximum absolute atomic E-state index is 13.6. The van der Waals surface area contributed by atoms with E-state index in [1.54, 1.807) is 14.2 Å². The molecule has 0 bridgehead atoms. The van der Waals surface area contributed by atoms with Crippen molar-refractivity contribution in [3.05, 3.63) is 58.7 Å². The molecule has 0 spiro atoms. The van der Waals surface area contributed by atoms with Crippen molar-refractivity contribution < 1.29 is 23.8 Å². The molecule has 3 aliphatic rings. The average Bonchev–Trinajstić information content (AvgIpc) is 3.35. The Morgan fingerprint density at radius 3 is 2.69 bits per heavy atom. The second kappa shape index (κ2) is 8.47. The van der Waals surface area contributed by atoms with Crippen molar-refractivity contribution in [2.45, 2.75) is 37.3 Å². The van der Waals surface area contributed by atoms with Crippen LogP contribution in [0.1, 0.15) is 51.8 Å². The lowest BCUT2D eigenvalue weighted by Crippen LogP contribution is -2.50. The smallest absolute Gasteiger partial charge is 0.254 e. The van der Waals surface area contributed by atoms with Gasteiger partial charge in [0.2, 0.25) is 5.91 Å². The summed E-state index contributed by atoms with van der Waals surface area (Å²) in [6.07, 6.45) is 2.73. The van der Waals surface area contributed by atoms with Crippen LogP contribution in [0.25, 0.3) is 0 Å². The molecule has 7 nitrogen and oxygen atoms in total. The van der Waals surface area contributed by atoms with Crippen LogP contribution in [0.5, 0.6) is 11.5 Å². The zero-order valence-corrected chi connectivity index (χ0v) is 18.4. The van der Waals surface area contributed by atoms with E-state index >= 15 is 0 Å². The van der Waals surface area contributed by atoms with Crippen LogP contribution in [0.3, 0.4) is 0 Å². The van der Waals surface area contributed by atoms with Crippen LogP contribution >= 0.6 is 0 Å². The van der Waals surface area contributed by atoms with E-state index in [0.717, 1.165) is 36.1 Å². The first-order valence-electron chi connectivity index (χ1n) is 11.2. The molecule has 1 N–H and O–H groups in total. The van der Waals surface area contributed by atoms with Crippen molar-refractivity contribution in [2.24, 2.45) is 0 Å². The Morgan fingerprint density at radius 2 is 1.94 bits per heavy atom. The number of nitrogens with one attached hydrogen (secondary N) is 1. The molecule has 2 aromatic carbocycles. The number of carbonyl (C=O) groups excluding carboxylic acids is 2. The maximum atomic E-state index is 13.6. The molecular formula is C25H28N2O5. The molecule has 3 unspecified atom stereocenters. The normalized spacial score (nSPS) is 23.8. The van der Waals surface area contributed by atoms with E-state index in [-0.39, 0.29) is 17.9 Å². The molecule has 3 atom stereocenters. The number of fused-ring (bicyclic) bond motifs is 4. The van der Waals surface area contributed by atoms with E-state index in [1.165, 1.54) is 0 Å². The summed E-state index contributed by atoms with van der Waals surface area (Å²) < 4.78 is 16.7. The highest BCUT2D eigenvalue weighted by Gasteiger charge is 2.46. The van der Waals surface area contributed by atoms with Gasteiger partial charge in [0.1, 0.15) is 0 Å². The topological polar surface area (TPSA) is 77.1 Å². The quantitative estimate of drug-likeness (QED) is 0.780. The number of methoxy groups -OCH3 is 2. The molecule has 168 valence electrons. The van der Waals surface area contributed by atoms with Gasteiger partial charge >= 0.3 is 0 Å². The zero-order valence-electron chi connectivity index (χ0n) is 18.4. The van der Waals surface area contributed by atoms with E-state index in [1.807, 2.05) is 41.3 Å². The van der Waals surface area contributed by atoms with Gasteiger partial charge in [-0.3, -0.25) is 9.59 Å². The Balaban J connectivity index is 1.58. The zero-order chi connectivity index (χ0) is 22.2. The number of ether oxygens (including phenoxy) is 3. The van der Waals surface area contributed by atoms with Gasteiger partial charge in [-0.15, -0.1) is 0 Å². The molecule has 0 radical (unpaired) electrons. The van der Waals surface area contributed by atoms with E-state index in [9.17, 15) is 9.59 Å². The van der Waals surface area contributed by atoms with Gasteiger partial charge in [-0.25, -0.2) is 0 Å². The first kappa shape index (κ1) is 20.8. The van der Waals surface area contributed by atoms with Crippen molar-refractivity contribution in [1.29, 1.82) is 0 Å². The summed E-state index contributed by atoms with van der Waals surface area (Å²) in [5.41, 5.74) is 3.39. The lowest BCUT2D eigenvalue weighted by molar-refractivity contribution is -0.124. The third kappa shape index (κ3) is 3.41. The van der Waals surface area contributed by atoms with E-state index in [0.29, 0.717) is 36.6 Å². The number of carbonyl (C=O) groups is 2. The molecule has 0 aromatic heterocycles. The minimum Gasteiger partial charge on any atom is -0.493 e. The first-order valence-corrected chi connectivity index (χ1v) is 11.2. The largest absolute Gasteiger partial charge is 0.493 e. The highest BCUT2D eigenvalue weighted by Crippen LogP contribution is 2.48. The summed E-state index contributed by atoms with van der Waals surface area (Å²) in [6.45, 7) is 1.78. The Bertz CT molecular complexity index is 1050. The molecule has 1 fully saturated rings. The van der Waals surface area contributed by atoms with Crippen LogP contribution in [0.2, 0.25) is 0 Å². The summed E-state index contributed by atoms with van der Waals surface area (Å²) in [5, 5.41) is 3.11. The van der Waals surface area contributed by atoms with E-state index in [2.05, 4.69) is 5.32 Å². The van der Waals surface area contributed by atoms with Gasteiger partial charge in [0, 0.05) is 25.3 Å². The summed E-state index contributed by atoms with van der Waals surface area (Å²) in [7, 11) is 3.21. The van der Waals surface area contributed by atoms with Gasteiger partial charge in [-0.1, -0.05) is 18.2 Å². The van der Waals surface area contributed by atoms with Crippen LogP contribution < -0.4 is 14.8 Å². The van der Waals surface area contributed by atoms with Crippen molar-refractivity contribution in [2.75, 3.05) is 33.9 Å². The molecule has 0 aliphatic carbocycles. The molecule has 2 aromatic rings. The molecule has 7 heteroatoms. The van der Waals surface area contributed by atoms with Gasteiger partial charge < -0.3 is 24.4 Å². The lowest BCUT2D eigenvalue weighted by Gasteiger charge is -2.45. The second-order valence-electron chi connectivity index (χ2n) is 8.54. The van der Waals surface area contributed by atoms with E-state index < -0.39 is 12.0 Å². The van der Waals surface area contributed by atoms with Crippen molar-refractivity contribution in [3.63, 3.8) is 0 Å². The van der Waals surface area contributed by atoms with Gasteiger partial charge in [0.15, 0.2) is 11.5 Å². The maximum Gasteiger partial charge on any atom is 0.254 e. The fourth-order valence-electron chi connectivity index (χ4n) is 5.27. The predicted molar refractivity (Wildman–Crippen MR) is 118 cm³/mol. The molecule has 1 saturated heterocycles. The van der Waals surface area contributed by atoms with Crippen molar-refractivity contribution in [3.8, 4) is 11.5 Å². The number of hydrogen-bond acceptors (Lipinski definition) is 5. The summed E-state index contributed by atoms with van der Waals surface area (Å²) in [5.74, 6) is 0.620. The molecule has 3 heterocycles. The van der Waals surface area contributed by atoms with E-state index in [4.69, 9.17) is 14.2 Å². The summed E-state index contributed by atoms with van der Waals surface area (Å²) in [4.78, 5) is 28.8. The average molecular weight is 437 g/mol. The highest BCUT2D eigenvalue weighted by molar-refractivity contribution is 6.01. The van der Waals surface area contributed by atoms with Crippen LogP contribution in [0.15, 0.2) is 36.4 Å². The SMILES string of the molecule is COc1cc2c(cc1OC)C1C(C(=O)NCC3CCCO3)c3ccccc3C(=O)N1CC2. The number of hydrogen-bond donors (Lipinski definition) is 1. The van der Waals surface area contributed by atoms with Gasteiger partial charge in [0.05, 0.1) is 32.3 Å². The Kier molecular flexibility index (Phi) is 5.51. The third-order valence-electron chi connectivity index (χ3n) is 6.84. The number of rotatable bonds is 5. The molecule has 3 aliphatic heterocycles. The molecule has 32 heavy (non-hydrogen) atoms. The Labute approximate surface area is 187 Å². The highest BCUT2D eigenvalue weighted by atomic mass is 16.5. The second-order valence-corrected chi connectivity index (χ2v) is 8.54. The molecule has 5 rings (SSSR count). The summed E-state index contributed by atoms with van der Waals surface area (Å²) in [6, 6.07) is 11.0. The lowest BCUT2D eigenvalue weighted by atomic mass is 9.75. The minimum atomic E-state index is -0.512. The monoisotopic (exact) mass is 436 g/mol. The Morgan fingerprint density at radius 1 is 1.16 bits per heavy atom. The summed E-state index contributed by atoms with van der Waals surface area (Å²) >= 11 is 0. The first-order chi connectivity index (χ1) is 15.6. The van der Waals surface area contributed by atoms with Gasteiger partial charge in [0.25, 0.3) is 5.91 Å². The van der Waals surface area contributed by atoms with Crippen molar-refractivity contribution >= 4 is 11.8 Å². The molecular weight excluding hydrogens is 408 g/mol. The van der Waals surface area contributed by atoms with Crippen LogP contribution in [0, 0.1) is 0 Å².